The van der Waals surface area contributed by atoms with Gasteiger partial charge in [0, 0.05) is 6.54 Å². The van der Waals surface area contributed by atoms with E-state index in [-0.39, 0.29) is 0 Å². The number of carbonyl (C=O) groups is 1. The van der Waals surface area contributed by atoms with Crippen molar-refractivity contribution in [1.82, 2.24) is 10.2 Å². The van der Waals surface area contributed by atoms with Gasteiger partial charge in [0.2, 0.25) is 0 Å². The Bertz CT molecular complexity index is 414. The van der Waals surface area contributed by atoms with Crippen molar-refractivity contribution in [3.05, 3.63) is 35.9 Å². The van der Waals surface area contributed by atoms with Crippen LogP contribution in [0.15, 0.2) is 30.3 Å². The van der Waals surface area contributed by atoms with Crippen LogP contribution >= 0.6 is 0 Å². The third kappa shape index (κ3) is 4.05. The Morgan fingerprint density at radius 1 is 1.35 bits per heavy atom. The third-order valence-electron chi connectivity index (χ3n) is 4.14. The summed E-state index contributed by atoms with van der Waals surface area (Å²) in [5.41, 5.74) is 0.900. The lowest BCUT2D eigenvalue weighted by Crippen LogP contribution is -2.40. The van der Waals surface area contributed by atoms with Gasteiger partial charge in [-0.3, -0.25) is 4.79 Å². The first-order chi connectivity index (χ1) is 9.70. The van der Waals surface area contributed by atoms with Gasteiger partial charge in [0.1, 0.15) is 0 Å². The summed E-state index contributed by atoms with van der Waals surface area (Å²) in [5.74, 6) is -0.415. The van der Waals surface area contributed by atoms with Crippen LogP contribution < -0.4 is 5.32 Å². The fourth-order valence-electron chi connectivity index (χ4n) is 2.93. The predicted molar refractivity (Wildman–Crippen MR) is 79.9 cm³/mol. The standard InChI is InChI=1S/C16H24N2O2/c1-17-11-13-7-9-18(10-8-13)12-15(16(19)20)14-5-3-2-4-6-14/h2-6,13,15,17H,7-12H2,1H3,(H,19,20). The molecule has 0 saturated carbocycles. The molecule has 1 aromatic carbocycles. The fraction of sp³-hybridized carbons (Fsp3) is 0.562. The van der Waals surface area contributed by atoms with Crippen molar-refractivity contribution in [3.63, 3.8) is 0 Å². The zero-order chi connectivity index (χ0) is 14.4. The van der Waals surface area contributed by atoms with Crippen LogP contribution in [0, 0.1) is 5.92 Å². The normalized spacial score (nSPS) is 18.9. The molecule has 0 spiro atoms. The van der Waals surface area contributed by atoms with E-state index in [1.807, 2.05) is 37.4 Å². The molecule has 1 fully saturated rings. The molecule has 1 atom stereocenters. The molecular formula is C16H24N2O2. The first kappa shape index (κ1) is 15.0. The zero-order valence-corrected chi connectivity index (χ0v) is 12.1. The summed E-state index contributed by atoms with van der Waals surface area (Å²) >= 11 is 0. The highest BCUT2D eigenvalue weighted by Crippen LogP contribution is 2.22. The lowest BCUT2D eigenvalue weighted by atomic mass is 9.94. The second kappa shape index (κ2) is 7.41. The van der Waals surface area contributed by atoms with Crippen LogP contribution in [0.5, 0.6) is 0 Å². The molecule has 1 saturated heterocycles. The highest BCUT2D eigenvalue weighted by Gasteiger charge is 2.25. The van der Waals surface area contributed by atoms with E-state index in [1.165, 1.54) is 0 Å². The topological polar surface area (TPSA) is 52.6 Å². The third-order valence-corrected chi connectivity index (χ3v) is 4.14. The summed E-state index contributed by atoms with van der Waals surface area (Å²) in [6.45, 7) is 3.69. The summed E-state index contributed by atoms with van der Waals surface area (Å²) in [5, 5.41) is 12.7. The minimum Gasteiger partial charge on any atom is -0.481 e. The number of carboxylic acid groups (broad SMARTS) is 1. The van der Waals surface area contributed by atoms with E-state index < -0.39 is 11.9 Å². The van der Waals surface area contributed by atoms with Crippen molar-refractivity contribution in [2.24, 2.45) is 5.92 Å². The number of nitrogens with zero attached hydrogens (tertiary/aromatic N) is 1. The van der Waals surface area contributed by atoms with Crippen molar-refractivity contribution in [2.75, 3.05) is 33.2 Å². The highest BCUT2D eigenvalue weighted by atomic mass is 16.4. The molecule has 1 aliphatic heterocycles. The molecule has 1 unspecified atom stereocenters. The Morgan fingerprint density at radius 2 is 2.00 bits per heavy atom. The first-order valence-corrected chi connectivity index (χ1v) is 7.35. The van der Waals surface area contributed by atoms with E-state index in [0.717, 1.165) is 44.0 Å². The molecule has 1 aliphatic rings. The Labute approximate surface area is 120 Å². The van der Waals surface area contributed by atoms with Crippen molar-refractivity contribution in [1.29, 1.82) is 0 Å². The van der Waals surface area contributed by atoms with E-state index in [4.69, 9.17) is 0 Å². The molecule has 1 aromatic rings. The van der Waals surface area contributed by atoms with Crippen LogP contribution in [-0.2, 0) is 4.79 Å². The average molecular weight is 276 g/mol. The first-order valence-electron chi connectivity index (χ1n) is 7.35. The van der Waals surface area contributed by atoms with Crippen molar-refractivity contribution in [3.8, 4) is 0 Å². The van der Waals surface area contributed by atoms with Crippen LogP contribution in [0.2, 0.25) is 0 Å². The Morgan fingerprint density at radius 3 is 2.55 bits per heavy atom. The summed E-state index contributed by atoms with van der Waals surface area (Å²) in [6, 6.07) is 9.56. The van der Waals surface area contributed by atoms with E-state index >= 15 is 0 Å². The monoisotopic (exact) mass is 276 g/mol. The minimum atomic E-state index is -0.728. The molecule has 110 valence electrons. The predicted octanol–water partition coefficient (Wildman–Crippen LogP) is 1.79. The number of hydrogen-bond donors (Lipinski definition) is 2. The van der Waals surface area contributed by atoms with Crippen molar-refractivity contribution in [2.45, 2.75) is 18.8 Å². The molecule has 4 nitrogen and oxygen atoms in total. The molecule has 2 rings (SSSR count). The van der Waals surface area contributed by atoms with Gasteiger partial charge in [-0.15, -0.1) is 0 Å². The maximum Gasteiger partial charge on any atom is 0.312 e. The number of nitrogens with one attached hydrogen (secondary N) is 1. The molecule has 0 amide bonds. The van der Waals surface area contributed by atoms with Gasteiger partial charge >= 0.3 is 5.97 Å². The second-order valence-electron chi connectivity index (χ2n) is 5.60. The van der Waals surface area contributed by atoms with Gasteiger partial charge in [-0.1, -0.05) is 30.3 Å². The van der Waals surface area contributed by atoms with Crippen LogP contribution in [0.3, 0.4) is 0 Å². The Balaban J connectivity index is 1.92. The van der Waals surface area contributed by atoms with E-state index in [1.54, 1.807) is 0 Å². The summed E-state index contributed by atoms with van der Waals surface area (Å²) in [4.78, 5) is 13.8. The molecule has 0 bridgehead atoms. The largest absolute Gasteiger partial charge is 0.481 e. The Hall–Kier alpha value is -1.39. The number of hydrogen-bond acceptors (Lipinski definition) is 3. The van der Waals surface area contributed by atoms with E-state index in [2.05, 4.69) is 10.2 Å². The number of rotatable bonds is 6. The molecule has 1 heterocycles. The molecular weight excluding hydrogens is 252 g/mol. The molecule has 0 radical (unpaired) electrons. The lowest BCUT2D eigenvalue weighted by Gasteiger charge is -2.33. The minimum absolute atomic E-state index is 0.419. The van der Waals surface area contributed by atoms with E-state index in [0.29, 0.717) is 6.54 Å². The maximum atomic E-state index is 11.5. The van der Waals surface area contributed by atoms with Crippen LogP contribution in [-0.4, -0.2) is 49.2 Å². The van der Waals surface area contributed by atoms with Crippen molar-refractivity contribution >= 4 is 5.97 Å². The Kier molecular flexibility index (Phi) is 5.56. The highest BCUT2D eigenvalue weighted by molar-refractivity contribution is 5.76. The maximum absolute atomic E-state index is 11.5. The quantitative estimate of drug-likeness (QED) is 0.831. The SMILES string of the molecule is CNCC1CCN(CC(C(=O)O)c2ccccc2)CC1. The average Bonchev–Trinajstić information content (AvgIpc) is 2.47. The number of carboxylic acids is 1. The molecule has 0 aliphatic carbocycles. The van der Waals surface area contributed by atoms with Crippen LogP contribution in [0.25, 0.3) is 0 Å². The molecule has 20 heavy (non-hydrogen) atoms. The number of piperidine rings is 1. The summed E-state index contributed by atoms with van der Waals surface area (Å²) in [7, 11) is 1.99. The van der Waals surface area contributed by atoms with Gasteiger partial charge in [0.25, 0.3) is 0 Å². The molecule has 2 N–H and O–H groups in total. The van der Waals surface area contributed by atoms with Gasteiger partial charge in [-0.2, -0.15) is 0 Å². The number of aliphatic carboxylic acids is 1. The smallest absolute Gasteiger partial charge is 0.312 e. The lowest BCUT2D eigenvalue weighted by molar-refractivity contribution is -0.139. The zero-order valence-electron chi connectivity index (χ0n) is 12.1. The molecule has 0 aromatic heterocycles. The number of benzene rings is 1. The molecule has 4 heteroatoms. The van der Waals surface area contributed by atoms with E-state index in [9.17, 15) is 9.90 Å². The van der Waals surface area contributed by atoms with Gasteiger partial charge < -0.3 is 15.3 Å². The van der Waals surface area contributed by atoms with Gasteiger partial charge in [-0.05, 0) is 51.0 Å². The summed E-state index contributed by atoms with van der Waals surface area (Å²) < 4.78 is 0. The van der Waals surface area contributed by atoms with Crippen LogP contribution in [0.1, 0.15) is 24.3 Å². The summed E-state index contributed by atoms with van der Waals surface area (Å²) in [6.07, 6.45) is 2.31. The van der Waals surface area contributed by atoms with Crippen molar-refractivity contribution < 1.29 is 9.90 Å². The second-order valence-corrected chi connectivity index (χ2v) is 5.60. The van der Waals surface area contributed by atoms with Crippen LogP contribution in [0.4, 0.5) is 0 Å². The number of likely N-dealkylation sites (tertiary alicyclic amines) is 1. The fourth-order valence-corrected chi connectivity index (χ4v) is 2.93. The van der Waals surface area contributed by atoms with Gasteiger partial charge in [0.05, 0.1) is 5.92 Å². The van der Waals surface area contributed by atoms with Gasteiger partial charge in [-0.25, -0.2) is 0 Å². The van der Waals surface area contributed by atoms with Gasteiger partial charge in [0.15, 0.2) is 0 Å².